The van der Waals surface area contributed by atoms with Crippen molar-refractivity contribution < 1.29 is 39.4 Å². The third kappa shape index (κ3) is 18.3. The number of piperidine rings is 2. The molecule has 0 aliphatic carbocycles. The number of rotatable bonds is 22. The summed E-state index contributed by atoms with van der Waals surface area (Å²) < 4.78 is 22.5. The molecule has 5 N–H and O–H groups in total. The summed E-state index contributed by atoms with van der Waals surface area (Å²) in [5.41, 5.74) is 0. The zero-order chi connectivity index (χ0) is 41.5. The highest BCUT2D eigenvalue weighted by Crippen LogP contribution is 2.18. The molecule has 4 unspecified atom stereocenters. The van der Waals surface area contributed by atoms with E-state index < -0.39 is 24.4 Å². The lowest BCUT2D eigenvalue weighted by molar-refractivity contribution is 0.0300. The fourth-order valence-electron chi connectivity index (χ4n) is 7.30. The van der Waals surface area contributed by atoms with Crippen molar-refractivity contribution in [3.63, 3.8) is 0 Å². The molecule has 2 fully saturated rings. The Morgan fingerprint density at radius 3 is 1.24 bits per heavy atom. The van der Waals surface area contributed by atoms with Crippen molar-refractivity contribution in [2.45, 2.75) is 62.2 Å². The van der Waals surface area contributed by atoms with Gasteiger partial charge < -0.3 is 59.4 Å². The molecule has 4 aromatic rings. The predicted octanol–water partition coefficient (Wildman–Crippen LogP) is 4.18. The molecule has 0 saturated carbocycles. The zero-order valence-corrected chi connectivity index (χ0v) is 34.6. The molecule has 6 rings (SSSR count). The number of ether oxygens (including phenoxy) is 4. The number of para-hydroxylation sites is 4. The average Bonchev–Trinajstić information content (AvgIpc) is 3.28. The Balaban J connectivity index is 0.000000224. The third-order valence-electron chi connectivity index (χ3n) is 10.6. The minimum absolute atomic E-state index is 0.281. The number of β-amino-alcohol motifs (C(OH)–C–C–N with tert-alkyl or cyclic N) is 2. The zero-order valence-electron chi connectivity index (χ0n) is 34.6. The molecule has 2 saturated heterocycles. The van der Waals surface area contributed by atoms with Crippen LogP contribution in [0.5, 0.6) is 23.0 Å². The molecule has 0 amide bonds. The van der Waals surface area contributed by atoms with Crippen molar-refractivity contribution in [2.75, 3.05) is 85.8 Å². The number of nitrogens with zero attached hydrogens (tertiary/aromatic N) is 3. The Hall–Kier alpha value is -4.24. The van der Waals surface area contributed by atoms with Crippen LogP contribution < -0.4 is 24.3 Å². The molecule has 0 aromatic heterocycles. The first-order valence-electron chi connectivity index (χ1n) is 21.1. The van der Waals surface area contributed by atoms with Crippen molar-refractivity contribution in [3.05, 3.63) is 121 Å². The normalized spacial score (nSPS) is 17.6. The Morgan fingerprint density at radius 2 is 0.847 bits per heavy atom. The molecule has 12 heteroatoms. The van der Waals surface area contributed by atoms with Crippen molar-refractivity contribution in [1.29, 1.82) is 0 Å². The van der Waals surface area contributed by atoms with Crippen LogP contribution in [0.15, 0.2) is 121 Å². The maximum atomic E-state index is 10.3. The summed E-state index contributed by atoms with van der Waals surface area (Å²) in [6.07, 6.45) is 1.98. The monoisotopic (exact) mass is 814 g/mol. The van der Waals surface area contributed by atoms with Gasteiger partial charge in [-0.25, -0.2) is 0 Å². The van der Waals surface area contributed by atoms with E-state index in [0.717, 1.165) is 74.9 Å². The molecule has 4 atom stereocenters. The summed E-state index contributed by atoms with van der Waals surface area (Å²) in [6, 6.07) is 39.1. The predicted molar refractivity (Wildman–Crippen MR) is 231 cm³/mol. The first-order chi connectivity index (χ1) is 28.8. The van der Waals surface area contributed by atoms with E-state index >= 15 is 0 Å². The van der Waals surface area contributed by atoms with Crippen molar-refractivity contribution in [3.8, 4) is 23.0 Å². The number of benzene rings is 4. The molecule has 322 valence electrons. The van der Waals surface area contributed by atoms with Gasteiger partial charge in [0.25, 0.3) is 0 Å². The van der Waals surface area contributed by atoms with Gasteiger partial charge in [0.05, 0.1) is 0 Å². The van der Waals surface area contributed by atoms with E-state index in [9.17, 15) is 20.4 Å². The molecular formula is C47H66N4O8. The van der Waals surface area contributed by atoms with Crippen LogP contribution in [-0.2, 0) is 0 Å². The fraction of sp³-hybridized carbons (Fsp3) is 0.489. The van der Waals surface area contributed by atoms with Gasteiger partial charge in [0.1, 0.15) is 73.8 Å². The van der Waals surface area contributed by atoms with Gasteiger partial charge in [0, 0.05) is 38.3 Å². The second kappa shape index (κ2) is 26.1. The summed E-state index contributed by atoms with van der Waals surface area (Å²) >= 11 is 0. The largest absolute Gasteiger partial charge is 0.491 e. The molecule has 0 bridgehead atoms. The van der Waals surface area contributed by atoms with Gasteiger partial charge in [0.15, 0.2) is 0 Å². The van der Waals surface area contributed by atoms with Gasteiger partial charge in [-0.3, -0.25) is 0 Å². The van der Waals surface area contributed by atoms with Crippen LogP contribution in [0, 0.1) is 0 Å². The maximum Gasteiger partial charge on any atom is 0.119 e. The molecule has 4 aromatic carbocycles. The Bertz CT molecular complexity index is 1630. The van der Waals surface area contributed by atoms with Gasteiger partial charge >= 0.3 is 0 Å². The minimum Gasteiger partial charge on any atom is -0.491 e. The van der Waals surface area contributed by atoms with Gasteiger partial charge in [-0.05, 0) is 107 Å². The summed E-state index contributed by atoms with van der Waals surface area (Å²) in [7, 11) is 2.06. The topological polar surface area (TPSA) is 140 Å². The Morgan fingerprint density at radius 1 is 0.508 bits per heavy atom. The van der Waals surface area contributed by atoms with E-state index in [0.29, 0.717) is 58.1 Å². The number of hydrogen-bond donors (Lipinski definition) is 5. The lowest BCUT2D eigenvalue weighted by atomic mass is 10.0. The van der Waals surface area contributed by atoms with Crippen LogP contribution >= 0.6 is 0 Å². The fourth-order valence-corrected chi connectivity index (χ4v) is 7.30. The number of nitrogens with one attached hydrogen (secondary N) is 1. The summed E-state index contributed by atoms with van der Waals surface area (Å²) in [5.74, 6) is 3.12. The number of likely N-dealkylation sites (tertiary alicyclic amines) is 2. The maximum absolute atomic E-state index is 10.3. The lowest BCUT2D eigenvalue weighted by Gasteiger charge is -2.38. The molecule has 2 aliphatic heterocycles. The number of hydrogen-bond acceptors (Lipinski definition) is 12. The van der Waals surface area contributed by atoms with E-state index in [1.807, 2.05) is 121 Å². The van der Waals surface area contributed by atoms with Crippen molar-refractivity contribution in [1.82, 2.24) is 20.0 Å². The van der Waals surface area contributed by atoms with E-state index in [2.05, 4.69) is 27.1 Å². The third-order valence-corrected chi connectivity index (χ3v) is 10.6. The van der Waals surface area contributed by atoms with E-state index in [1.54, 1.807) is 0 Å². The summed E-state index contributed by atoms with van der Waals surface area (Å²) in [6.45, 7) is 7.26. The molecular weight excluding hydrogens is 749 g/mol. The first kappa shape index (κ1) is 45.8. The first-order valence-corrected chi connectivity index (χ1v) is 21.1. The SMILES string of the molecule is CN(CC(O)COc1ccccc1)C1CCN(CC(O)COc2ccccc2)CC1.OC(CNC1CCN(CC(O)COc2ccccc2)CC1)COc1ccccc1. The Kier molecular flexibility index (Phi) is 20.3. The quantitative estimate of drug-likeness (QED) is 0.0779. The average molecular weight is 815 g/mol. The van der Waals surface area contributed by atoms with Crippen LogP contribution in [0.25, 0.3) is 0 Å². The van der Waals surface area contributed by atoms with Crippen molar-refractivity contribution >= 4 is 0 Å². The van der Waals surface area contributed by atoms with E-state index in [-0.39, 0.29) is 6.61 Å². The van der Waals surface area contributed by atoms with Gasteiger partial charge in [0.2, 0.25) is 0 Å². The van der Waals surface area contributed by atoms with Crippen LogP contribution in [0.4, 0.5) is 0 Å². The van der Waals surface area contributed by atoms with Crippen LogP contribution in [0.3, 0.4) is 0 Å². The van der Waals surface area contributed by atoms with Gasteiger partial charge in [-0.2, -0.15) is 0 Å². The molecule has 2 heterocycles. The highest BCUT2D eigenvalue weighted by atomic mass is 16.5. The van der Waals surface area contributed by atoms with Gasteiger partial charge in [-0.15, -0.1) is 0 Å². The van der Waals surface area contributed by atoms with E-state index in [4.69, 9.17) is 18.9 Å². The second-order valence-corrected chi connectivity index (χ2v) is 15.6. The van der Waals surface area contributed by atoms with Crippen molar-refractivity contribution in [2.24, 2.45) is 0 Å². The Labute approximate surface area is 350 Å². The highest BCUT2D eigenvalue weighted by molar-refractivity contribution is 5.23. The second-order valence-electron chi connectivity index (χ2n) is 15.6. The molecule has 59 heavy (non-hydrogen) atoms. The van der Waals surface area contributed by atoms with Crippen LogP contribution in [0.1, 0.15) is 25.7 Å². The molecule has 0 radical (unpaired) electrons. The van der Waals surface area contributed by atoms with Crippen LogP contribution in [0.2, 0.25) is 0 Å². The van der Waals surface area contributed by atoms with E-state index in [1.165, 1.54) is 0 Å². The molecule has 2 aliphatic rings. The number of aliphatic hydroxyl groups is 4. The summed E-state index contributed by atoms with van der Waals surface area (Å²) in [5, 5.41) is 44.4. The smallest absolute Gasteiger partial charge is 0.119 e. The standard InChI is InChI=1S/C24H34N2O4.C23H32N2O4/c1-25(16-21(27)18-29-23-8-4-2-5-9-23)20-12-14-26(15-13-20)17-22(28)19-30-24-10-6-3-7-11-24;26-20(17-28-22-7-3-1-4-8-22)15-24-19-11-13-25(14-12-19)16-21(27)18-29-23-9-5-2-6-10-23/h2-11,20-22,27-28H,12-19H2,1H3;1-10,19-21,24,26-27H,11-18H2. The number of aliphatic hydroxyl groups excluding tert-OH is 4. The minimum atomic E-state index is -0.537. The summed E-state index contributed by atoms with van der Waals surface area (Å²) in [4.78, 5) is 6.79. The van der Waals surface area contributed by atoms with Gasteiger partial charge in [-0.1, -0.05) is 72.8 Å². The molecule has 0 spiro atoms. The number of likely N-dealkylation sites (N-methyl/N-ethyl adjacent to an activating group) is 1. The highest BCUT2D eigenvalue weighted by Gasteiger charge is 2.25. The molecule has 12 nitrogen and oxygen atoms in total. The lowest BCUT2D eigenvalue weighted by Crippen LogP contribution is -2.48. The van der Waals surface area contributed by atoms with Crippen LogP contribution in [-0.4, -0.2) is 157 Å².